The molecule has 0 aromatic rings. The predicted octanol–water partition coefficient (Wildman–Crippen LogP) is 4.69. The molecule has 1 saturated carbocycles. The molecule has 3 fully saturated rings. The summed E-state index contributed by atoms with van der Waals surface area (Å²) in [5.74, 6) is 0. The highest BCUT2D eigenvalue weighted by molar-refractivity contribution is 5.00. The topological polar surface area (TPSA) is 6.48 Å². The van der Waals surface area contributed by atoms with Gasteiger partial charge in [-0.05, 0) is 111 Å². The van der Waals surface area contributed by atoms with Gasteiger partial charge < -0.3 is 0 Å². The second-order valence-corrected chi connectivity index (χ2v) is 9.70. The average molecular weight is 307 g/mol. The van der Waals surface area contributed by atoms with E-state index in [1.165, 1.54) is 84.0 Å². The van der Waals surface area contributed by atoms with Crippen LogP contribution in [0, 0.1) is 5.41 Å². The molecule has 3 rings (SSSR count). The zero-order valence-electron chi connectivity index (χ0n) is 15.6. The fourth-order valence-corrected chi connectivity index (χ4v) is 5.22. The first-order valence-electron chi connectivity index (χ1n) is 9.83. The summed E-state index contributed by atoms with van der Waals surface area (Å²) in [5, 5.41) is 0. The summed E-state index contributed by atoms with van der Waals surface area (Å²) in [6.45, 7) is 15.1. The molecule has 1 aliphatic carbocycles. The van der Waals surface area contributed by atoms with E-state index in [4.69, 9.17) is 0 Å². The van der Waals surface area contributed by atoms with Crippen molar-refractivity contribution >= 4 is 0 Å². The third-order valence-corrected chi connectivity index (χ3v) is 7.28. The molecule has 0 N–H and O–H groups in total. The zero-order valence-corrected chi connectivity index (χ0v) is 15.6. The van der Waals surface area contributed by atoms with E-state index in [-0.39, 0.29) is 0 Å². The zero-order chi connectivity index (χ0) is 15.8. The highest BCUT2D eigenvalue weighted by Gasteiger charge is 2.45. The molecule has 2 aliphatic heterocycles. The van der Waals surface area contributed by atoms with Gasteiger partial charge in [-0.25, -0.2) is 0 Å². The average Bonchev–Trinajstić information content (AvgIpc) is 2.51. The second-order valence-electron chi connectivity index (χ2n) is 9.70. The number of piperidine rings is 2. The Morgan fingerprint density at radius 2 is 1.23 bits per heavy atom. The van der Waals surface area contributed by atoms with Gasteiger partial charge in [0.05, 0.1) is 0 Å². The van der Waals surface area contributed by atoms with Gasteiger partial charge in [-0.2, -0.15) is 0 Å². The van der Waals surface area contributed by atoms with E-state index in [0.717, 1.165) is 0 Å². The van der Waals surface area contributed by atoms with Crippen LogP contribution >= 0.6 is 0 Å². The van der Waals surface area contributed by atoms with Crippen molar-refractivity contribution in [3.05, 3.63) is 0 Å². The first-order chi connectivity index (χ1) is 10.3. The number of likely N-dealkylation sites (tertiary alicyclic amines) is 2. The lowest BCUT2D eigenvalue weighted by Gasteiger charge is -2.54. The first kappa shape index (κ1) is 16.8. The number of rotatable bonds is 1. The van der Waals surface area contributed by atoms with Crippen molar-refractivity contribution in [3.63, 3.8) is 0 Å². The Hall–Kier alpha value is -0.0800. The van der Waals surface area contributed by atoms with Gasteiger partial charge in [0.1, 0.15) is 0 Å². The van der Waals surface area contributed by atoms with Crippen molar-refractivity contribution in [1.82, 2.24) is 9.80 Å². The van der Waals surface area contributed by atoms with E-state index in [2.05, 4.69) is 37.5 Å². The van der Waals surface area contributed by atoms with Crippen LogP contribution < -0.4 is 0 Å². The normalized spacial score (nSPS) is 30.5. The van der Waals surface area contributed by atoms with Gasteiger partial charge in [0.25, 0.3) is 0 Å². The van der Waals surface area contributed by atoms with Crippen molar-refractivity contribution in [3.8, 4) is 0 Å². The lowest BCUT2D eigenvalue weighted by atomic mass is 9.63. The smallest absolute Gasteiger partial charge is 0.0181 e. The van der Waals surface area contributed by atoms with Crippen LogP contribution in [0.5, 0.6) is 0 Å². The van der Waals surface area contributed by atoms with Crippen LogP contribution in [0.3, 0.4) is 0 Å². The van der Waals surface area contributed by atoms with Crippen LogP contribution in [-0.4, -0.2) is 47.1 Å². The standard InChI is InChI=1S/C20H38N2/c1-18(2,3)21-16-12-20(13-17-21)10-8-19(4,9-11-20)22-14-6-5-7-15-22/h5-17H2,1-4H3. The fourth-order valence-electron chi connectivity index (χ4n) is 5.22. The Bertz CT molecular complexity index is 358. The lowest BCUT2D eigenvalue weighted by molar-refractivity contribution is -0.0305. The molecule has 128 valence electrons. The summed E-state index contributed by atoms with van der Waals surface area (Å²) in [5.41, 5.74) is 1.57. The fraction of sp³-hybridized carbons (Fsp3) is 1.00. The van der Waals surface area contributed by atoms with Gasteiger partial charge >= 0.3 is 0 Å². The molecule has 0 atom stereocenters. The molecule has 0 aromatic carbocycles. The van der Waals surface area contributed by atoms with Crippen LogP contribution in [0.2, 0.25) is 0 Å². The second kappa shape index (κ2) is 6.09. The van der Waals surface area contributed by atoms with E-state index in [1.54, 1.807) is 0 Å². The van der Waals surface area contributed by atoms with E-state index in [0.29, 0.717) is 16.5 Å². The first-order valence-corrected chi connectivity index (χ1v) is 9.83. The molecule has 22 heavy (non-hydrogen) atoms. The number of nitrogens with zero attached hydrogens (tertiary/aromatic N) is 2. The van der Waals surface area contributed by atoms with Crippen molar-refractivity contribution in [1.29, 1.82) is 0 Å². The third-order valence-electron chi connectivity index (χ3n) is 7.28. The van der Waals surface area contributed by atoms with Gasteiger partial charge in [0.15, 0.2) is 0 Å². The molecule has 0 radical (unpaired) electrons. The Balaban J connectivity index is 1.55. The molecule has 0 amide bonds. The van der Waals surface area contributed by atoms with Crippen LogP contribution in [0.15, 0.2) is 0 Å². The van der Waals surface area contributed by atoms with Crippen molar-refractivity contribution in [2.24, 2.45) is 5.41 Å². The van der Waals surface area contributed by atoms with Gasteiger partial charge in [-0.3, -0.25) is 9.80 Å². The van der Waals surface area contributed by atoms with Crippen molar-refractivity contribution < 1.29 is 0 Å². The molecule has 3 aliphatic rings. The molecule has 0 aromatic heterocycles. The Labute approximate surface area is 138 Å². The maximum atomic E-state index is 2.84. The maximum absolute atomic E-state index is 2.84. The molecule has 2 nitrogen and oxygen atoms in total. The van der Waals surface area contributed by atoms with Gasteiger partial charge in [-0.1, -0.05) is 6.42 Å². The summed E-state index contributed by atoms with van der Waals surface area (Å²) in [4.78, 5) is 5.55. The highest BCUT2D eigenvalue weighted by atomic mass is 15.2. The van der Waals surface area contributed by atoms with Crippen LogP contribution in [-0.2, 0) is 0 Å². The molecule has 2 saturated heterocycles. The number of hydrogen-bond donors (Lipinski definition) is 0. The minimum Gasteiger partial charge on any atom is -0.298 e. The summed E-state index contributed by atoms with van der Waals surface area (Å²) in [6, 6.07) is 0. The SMILES string of the molecule is CC(C)(C)N1CCC2(CC1)CCC(C)(N1CCCCC1)CC2. The minimum absolute atomic E-state index is 0.360. The van der Waals surface area contributed by atoms with E-state index in [1.807, 2.05) is 0 Å². The third kappa shape index (κ3) is 3.38. The van der Waals surface area contributed by atoms with Crippen molar-refractivity contribution in [2.75, 3.05) is 26.2 Å². The maximum Gasteiger partial charge on any atom is 0.0181 e. The molecule has 2 heterocycles. The summed E-state index contributed by atoms with van der Waals surface area (Å²) < 4.78 is 0. The van der Waals surface area contributed by atoms with Gasteiger partial charge in [0, 0.05) is 11.1 Å². The molecule has 2 heteroatoms. The highest BCUT2D eigenvalue weighted by Crippen LogP contribution is 2.50. The monoisotopic (exact) mass is 306 g/mol. The summed E-state index contributed by atoms with van der Waals surface area (Å²) in [6.07, 6.45) is 13.1. The molecule has 0 bridgehead atoms. The Morgan fingerprint density at radius 3 is 1.73 bits per heavy atom. The van der Waals surface area contributed by atoms with Gasteiger partial charge in [-0.15, -0.1) is 0 Å². The predicted molar refractivity (Wildman–Crippen MR) is 95.3 cm³/mol. The quantitative estimate of drug-likeness (QED) is 0.693. The lowest BCUT2D eigenvalue weighted by Crippen LogP contribution is -2.55. The number of hydrogen-bond acceptors (Lipinski definition) is 2. The van der Waals surface area contributed by atoms with Crippen LogP contribution in [0.1, 0.15) is 85.5 Å². The van der Waals surface area contributed by atoms with Crippen molar-refractivity contribution in [2.45, 2.75) is 96.6 Å². The Kier molecular flexibility index (Phi) is 4.64. The van der Waals surface area contributed by atoms with Gasteiger partial charge in [0.2, 0.25) is 0 Å². The Morgan fingerprint density at radius 1 is 0.682 bits per heavy atom. The van der Waals surface area contributed by atoms with Crippen LogP contribution in [0.4, 0.5) is 0 Å². The summed E-state index contributed by atoms with van der Waals surface area (Å²) in [7, 11) is 0. The van der Waals surface area contributed by atoms with Crippen LogP contribution in [0.25, 0.3) is 0 Å². The molecular formula is C20H38N2. The van der Waals surface area contributed by atoms with E-state index >= 15 is 0 Å². The molecular weight excluding hydrogens is 268 g/mol. The van der Waals surface area contributed by atoms with E-state index < -0.39 is 0 Å². The molecule has 0 unspecified atom stereocenters. The summed E-state index contributed by atoms with van der Waals surface area (Å²) >= 11 is 0. The minimum atomic E-state index is 0.360. The van der Waals surface area contributed by atoms with E-state index in [9.17, 15) is 0 Å². The largest absolute Gasteiger partial charge is 0.298 e. The molecule has 1 spiro atoms.